The number of aliphatic imine (C=N–C) groups is 1. The van der Waals surface area contributed by atoms with Crippen LogP contribution < -0.4 is 4.74 Å². The minimum Gasteiger partial charge on any atom is -0.494 e. The predicted octanol–water partition coefficient (Wildman–Crippen LogP) is 4.35. The van der Waals surface area contributed by atoms with Gasteiger partial charge in [-0.1, -0.05) is 18.2 Å². The Labute approximate surface area is 137 Å². The third-order valence-electron chi connectivity index (χ3n) is 3.87. The van der Waals surface area contributed by atoms with Gasteiger partial charge >= 0.3 is 0 Å². The van der Waals surface area contributed by atoms with Gasteiger partial charge in [0.05, 0.1) is 13.4 Å². The van der Waals surface area contributed by atoms with Crippen molar-refractivity contribution in [2.75, 3.05) is 20.7 Å². The van der Waals surface area contributed by atoms with Crippen molar-refractivity contribution in [3.8, 4) is 5.75 Å². The maximum atomic E-state index is 13.9. The largest absolute Gasteiger partial charge is 0.494 e. The Morgan fingerprint density at radius 2 is 1.96 bits per heavy atom. The highest BCUT2D eigenvalue weighted by Gasteiger charge is 2.10. The van der Waals surface area contributed by atoms with E-state index in [1.807, 2.05) is 43.1 Å². The first-order chi connectivity index (χ1) is 11.0. The second-order valence-electron chi connectivity index (χ2n) is 5.54. The van der Waals surface area contributed by atoms with Crippen LogP contribution in [0.15, 0.2) is 41.4 Å². The molecule has 0 aliphatic rings. The van der Waals surface area contributed by atoms with Crippen molar-refractivity contribution in [3.63, 3.8) is 0 Å². The molecule has 0 amide bonds. The van der Waals surface area contributed by atoms with Gasteiger partial charge in [0.15, 0.2) is 0 Å². The molecule has 0 heterocycles. The number of nitrogens with zero attached hydrogens (tertiary/aromatic N) is 2. The van der Waals surface area contributed by atoms with Gasteiger partial charge in [-0.2, -0.15) is 0 Å². The van der Waals surface area contributed by atoms with Crippen LogP contribution in [-0.4, -0.2) is 31.9 Å². The molecule has 122 valence electrons. The number of hydrogen-bond donors (Lipinski definition) is 0. The molecule has 4 heteroatoms. The van der Waals surface area contributed by atoms with Gasteiger partial charge in [-0.3, -0.25) is 0 Å². The highest BCUT2D eigenvalue weighted by Crippen LogP contribution is 2.32. The predicted molar refractivity (Wildman–Crippen MR) is 93.4 cm³/mol. The van der Waals surface area contributed by atoms with Crippen LogP contribution in [0.3, 0.4) is 0 Å². The average molecular weight is 314 g/mol. The maximum absolute atomic E-state index is 13.9. The molecule has 0 saturated heterocycles. The lowest BCUT2D eigenvalue weighted by Crippen LogP contribution is -2.14. The van der Waals surface area contributed by atoms with Gasteiger partial charge in [-0.15, -0.1) is 0 Å². The van der Waals surface area contributed by atoms with E-state index < -0.39 is 0 Å². The molecule has 2 aromatic carbocycles. The van der Waals surface area contributed by atoms with Crippen molar-refractivity contribution in [2.24, 2.45) is 4.99 Å². The van der Waals surface area contributed by atoms with Crippen LogP contribution in [0.4, 0.5) is 10.1 Å². The molecule has 0 aromatic heterocycles. The second-order valence-corrected chi connectivity index (χ2v) is 5.54. The number of benzene rings is 2. The van der Waals surface area contributed by atoms with Crippen molar-refractivity contribution < 1.29 is 9.13 Å². The van der Waals surface area contributed by atoms with Crippen LogP contribution in [0.2, 0.25) is 0 Å². The molecule has 0 radical (unpaired) electrons. The van der Waals surface area contributed by atoms with Gasteiger partial charge < -0.3 is 9.64 Å². The molecule has 0 aliphatic carbocycles. The monoisotopic (exact) mass is 314 g/mol. The number of halogens is 1. The third-order valence-corrected chi connectivity index (χ3v) is 3.87. The second kappa shape index (κ2) is 7.77. The molecular weight excluding hydrogens is 291 g/mol. The molecule has 0 aliphatic heterocycles. The zero-order chi connectivity index (χ0) is 16.8. The van der Waals surface area contributed by atoms with Gasteiger partial charge in [-0.05, 0) is 48.7 Å². The zero-order valence-electron chi connectivity index (χ0n) is 14.1. The molecule has 0 spiro atoms. The van der Waals surface area contributed by atoms with Gasteiger partial charge in [-0.25, -0.2) is 9.38 Å². The maximum Gasteiger partial charge on any atom is 0.144 e. The van der Waals surface area contributed by atoms with Crippen molar-refractivity contribution in [1.82, 2.24) is 4.90 Å². The molecule has 0 unspecified atom stereocenters. The summed E-state index contributed by atoms with van der Waals surface area (Å²) in [6, 6.07) is 10.8. The van der Waals surface area contributed by atoms with Crippen molar-refractivity contribution in [2.45, 2.75) is 20.3 Å². The number of methoxy groups -OCH3 is 1. The third kappa shape index (κ3) is 4.31. The Morgan fingerprint density at radius 1 is 1.22 bits per heavy atom. The SMILES string of the molecule is CCN(C)/C=N/c1cc(C)c(Cc2ccccc2F)cc1OC. The zero-order valence-corrected chi connectivity index (χ0v) is 14.1. The van der Waals surface area contributed by atoms with E-state index in [0.29, 0.717) is 17.7 Å². The molecule has 0 saturated carbocycles. The van der Waals surface area contributed by atoms with E-state index in [4.69, 9.17) is 4.74 Å². The van der Waals surface area contributed by atoms with Gasteiger partial charge in [0.1, 0.15) is 17.3 Å². The smallest absolute Gasteiger partial charge is 0.144 e. The lowest BCUT2D eigenvalue weighted by Gasteiger charge is -2.13. The number of ether oxygens (including phenoxy) is 1. The van der Waals surface area contributed by atoms with Crippen molar-refractivity contribution in [3.05, 3.63) is 58.9 Å². The molecule has 0 atom stereocenters. The summed E-state index contributed by atoms with van der Waals surface area (Å²) in [4.78, 5) is 6.46. The molecule has 0 N–H and O–H groups in total. The Bertz CT molecular complexity index is 698. The van der Waals surface area contributed by atoms with Crippen LogP contribution in [0.1, 0.15) is 23.6 Å². The highest BCUT2D eigenvalue weighted by molar-refractivity contribution is 5.66. The number of aryl methyl sites for hydroxylation is 1. The molecule has 3 nitrogen and oxygen atoms in total. The minimum absolute atomic E-state index is 0.183. The summed E-state index contributed by atoms with van der Waals surface area (Å²) >= 11 is 0. The fraction of sp³-hybridized carbons (Fsp3) is 0.316. The standard InChI is InChI=1S/C19H23FN2O/c1-5-22(3)13-21-18-10-14(2)16(12-19(18)23-4)11-15-8-6-7-9-17(15)20/h6-10,12-13H,5,11H2,1-4H3/b21-13+. The summed E-state index contributed by atoms with van der Waals surface area (Å²) < 4.78 is 19.3. The van der Waals surface area contributed by atoms with E-state index in [1.165, 1.54) is 6.07 Å². The lowest BCUT2D eigenvalue weighted by atomic mass is 9.99. The summed E-state index contributed by atoms with van der Waals surface area (Å²) in [6.45, 7) is 4.96. The normalized spacial score (nSPS) is 11.0. The molecule has 2 rings (SSSR count). The van der Waals surface area contributed by atoms with E-state index in [1.54, 1.807) is 19.5 Å². The van der Waals surface area contributed by atoms with Crippen LogP contribution in [0.5, 0.6) is 5.75 Å². The first-order valence-corrected chi connectivity index (χ1v) is 7.70. The Hall–Kier alpha value is -2.36. The van der Waals surface area contributed by atoms with Crippen LogP contribution in [0, 0.1) is 12.7 Å². The van der Waals surface area contributed by atoms with Crippen LogP contribution in [-0.2, 0) is 6.42 Å². The Kier molecular flexibility index (Phi) is 5.74. The molecule has 2 aromatic rings. The molecule has 0 fully saturated rings. The lowest BCUT2D eigenvalue weighted by molar-refractivity contribution is 0.415. The Balaban J connectivity index is 2.33. The van der Waals surface area contributed by atoms with Gasteiger partial charge in [0, 0.05) is 20.0 Å². The average Bonchev–Trinajstić information content (AvgIpc) is 2.56. The van der Waals surface area contributed by atoms with Crippen molar-refractivity contribution in [1.29, 1.82) is 0 Å². The van der Waals surface area contributed by atoms with Crippen LogP contribution >= 0.6 is 0 Å². The topological polar surface area (TPSA) is 24.8 Å². The van der Waals surface area contributed by atoms with Crippen molar-refractivity contribution >= 4 is 12.0 Å². The summed E-state index contributed by atoms with van der Waals surface area (Å²) in [6.07, 6.45) is 2.32. The van der Waals surface area contributed by atoms with E-state index in [-0.39, 0.29) is 5.82 Å². The molecular formula is C19H23FN2O. The molecule has 23 heavy (non-hydrogen) atoms. The van der Waals surface area contributed by atoms with E-state index in [0.717, 1.165) is 23.4 Å². The number of rotatable bonds is 6. The summed E-state index contributed by atoms with van der Waals surface area (Å²) in [5.41, 5.74) is 3.57. The Morgan fingerprint density at radius 3 is 2.61 bits per heavy atom. The van der Waals surface area contributed by atoms with Crippen LogP contribution in [0.25, 0.3) is 0 Å². The summed E-state index contributed by atoms with van der Waals surface area (Å²) in [7, 11) is 3.59. The fourth-order valence-corrected chi connectivity index (χ4v) is 2.26. The van der Waals surface area contributed by atoms with E-state index in [9.17, 15) is 4.39 Å². The number of hydrogen-bond acceptors (Lipinski definition) is 2. The molecule has 0 bridgehead atoms. The van der Waals surface area contributed by atoms with Gasteiger partial charge in [0.25, 0.3) is 0 Å². The fourth-order valence-electron chi connectivity index (χ4n) is 2.26. The van der Waals surface area contributed by atoms with E-state index >= 15 is 0 Å². The van der Waals surface area contributed by atoms with Gasteiger partial charge in [0.2, 0.25) is 0 Å². The quantitative estimate of drug-likeness (QED) is 0.585. The summed E-state index contributed by atoms with van der Waals surface area (Å²) in [5.74, 6) is 0.514. The first kappa shape index (κ1) is 17.0. The summed E-state index contributed by atoms with van der Waals surface area (Å²) in [5, 5.41) is 0. The first-order valence-electron chi connectivity index (χ1n) is 7.70. The highest BCUT2D eigenvalue weighted by atomic mass is 19.1. The van der Waals surface area contributed by atoms with E-state index in [2.05, 4.69) is 11.9 Å². The minimum atomic E-state index is -0.183.